The van der Waals surface area contributed by atoms with Crippen molar-refractivity contribution in [2.75, 3.05) is 0 Å². The lowest BCUT2D eigenvalue weighted by atomic mass is 9.53. The summed E-state index contributed by atoms with van der Waals surface area (Å²) in [4.78, 5) is 11.9. The number of phenols is 2. The SMILES string of the molecule is CC(=O)NC1CCC2C(C)(C)CCCC2(C)c2c1oc1c(B(O)O)c(O)c(O)cc21. The Bertz CT molecular complexity index is 1010. The van der Waals surface area contributed by atoms with Gasteiger partial charge in [0, 0.05) is 17.9 Å². The van der Waals surface area contributed by atoms with Crippen molar-refractivity contribution >= 4 is 29.5 Å². The average Bonchev–Trinajstić information content (AvgIpc) is 2.93. The standard InChI is InChI=1S/C22H30BNO6/c1-11(25)24-13-6-7-15-21(2,3)8-5-9-22(15,4)16-12-10-14(26)18(27)17(23(28)29)19(12)30-20(13)16/h10,13,15,26-29H,5-9H2,1-4H3,(H,24,25). The molecule has 8 heteroatoms. The van der Waals surface area contributed by atoms with Crippen LogP contribution in [0.5, 0.6) is 11.5 Å². The number of carbonyl (C=O) groups is 1. The molecule has 1 heterocycles. The van der Waals surface area contributed by atoms with Gasteiger partial charge in [-0.15, -0.1) is 0 Å². The molecule has 5 N–H and O–H groups in total. The van der Waals surface area contributed by atoms with Gasteiger partial charge < -0.3 is 30.0 Å². The Balaban J connectivity index is 2.08. The number of furan rings is 1. The highest BCUT2D eigenvalue weighted by Crippen LogP contribution is 2.59. The largest absolute Gasteiger partial charge is 0.504 e. The maximum absolute atomic E-state index is 11.9. The first-order chi connectivity index (χ1) is 14.0. The molecule has 2 aliphatic carbocycles. The molecule has 30 heavy (non-hydrogen) atoms. The van der Waals surface area contributed by atoms with Crippen molar-refractivity contribution in [3.05, 3.63) is 17.4 Å². The number of phenolic OH excluding ortho intramolecular Hbond substituents is 2. The van der Waals surface area contributed by atoms with Crippen molar-refractivity contribution in [3.8, 4) is 11.5 Å². The van der Waals surface area contributed by atoms with E-state index in [9.17, 15) is 25.1 Å². The van der Waals surface area contributed by atoms with Crippen LogP contribution in [0.15, 0.2) is 10.5 Å². The molecule has 0 radical (unpaired) electrons. The average molecular weight is 415 g/mol. The van der Waals surface area contributed by atoms with E-state index in [1.54, 1.807) is 0 Å². The van der Waals surface area contributed by atoms with Gasteiger partial charge in [0.2, 0.25) is 5.91 Å². The topological polar surface area (TPSA) is 123 Å². The zero-order valence-corrected chi connectivity index (χ0v) is 18.0. The second-order valence-corrected chi connectivity index (χ2v) is 9.89. The molecule has 0 saturated heterocycles. The van der Waals surface area contributed by atoms with Crippen LogP contribution in [0.25, 0.3) is 11.0 Å². The van der Waals surface area contributed by atoms with Crippen molar-refractivity contribution in [2.45, 2.75) is 71.3 Å². The Kier molecular flexibility index (Phi) is 4.86. The maximum Gasteiger partial charge on any atom is 0.496 e. The molecular formula is C22H30BNO6. The lowest BCUT2D eigenvalue weighted by molar-refractivity contribution is -0.119. The molecule has 7 nitrogen and oxygen atoms in total. The first-order valence-corrected chi connectivity index (χ1v) is 10.6. The molecule has 2 aliphatic rings. The number of fused-ring (bicyclic) bond motifs is 5. The summed E-state index contributed by atoms with van der Waals surface area (Å²) in [7, 11) is -2.01. The first kappa shape index (κ1) is 21.1. The Morgan fingerprint density at radius 3 is 2.53 bits per heavy atom. The number of carbonyl (C=O) groups excluding carboxylic acids is 1. The molecule has 1 aromatic carbocycles. The molecule has 1 saturated carbocycles. The summed E-state index contributed by atoms with van der Waals surface area (Å²) in [6.45, 7) is 8.23. The van der Waals surface area contributed by atoms with E-state index in [1.165, 1.54) is 13.0 Å². The lowest BCUT2D eigenvalue weighted by Gasteiger charge is -2.50. The number of amides is 1. The molecule has 3 atom stereocenters. The highest BCUT2D eigenvalue weighted by Gasteiger charge is 2.52. The van der Waals surface area contributed by atoms with E-state index in [1.807, 2.05) is 0 Å². The van der Waals surface area contributed by atoms with Crippen LogP contribution in [0.1, 0.15) is 77.2 Å². The predicted molar refractivity (Wildman–Crippen MR) is 114 cm³/mol. The second kappa shape index (κ2) is 6.92. The van der Waals surface area contributed by atoms with Crippen LogP contribution >= 0.6 is 0 Å². The van der Waals surface area contributed by atoms with Gasteiger partial charge in [0.25, 0.3) is 0 Å². The molecule has 2 aromatic rings. The number of aromatic hydroxyl groups is 2. The van der Waals surface area contributed by atoms with E-state index in [0.717, 1.165) is 31.2 Å². The van der Waals surface area contributed by atoms with Crippen LogP contribution in [0, 0.1) is 11.3 Å². The van der Waals surface area contributed by atoms with Gasteiger partial charge in [0.1, 0.15) is 11.3 Å². The Hall–Kier alpha value is -2.19. The normalized spacial score (nSPS) is 27.8. The van der Waals surface area contributed by atoms with E-state index in [4.69, 9.17) is 4.42 Å². The third-order valence-corrected chi connectivity index (χ3v) is 7.49. The summed E-state index contributed by atoms with van der Waals surface area (Å²) < 4.78 is 6.19. The maximum atomic E-state index is 11.9. The van der Waals surface area contributed by atoms with Crippen molar-refractivity contribution in [2.24, 2.45) is 11.3 Å². The molecule has 0 spiro atoms. The van der Waals surface area contributed by atoms with Gasteiger partial charge in [-0.3, -0.25) is 4.79 Å². The van der Waals surface area contributed by atoms with Gasteiger partial charge >= 0.3 is 7.12 Å². The molecular weight excluding hydrogens is 385 g/mol. The quantitative estimate of drug-likeness (QED) is 0.380. The fourth-order valence-electron chi connectivity index (χ4n) is 6.30. The van der Waals surface area contributed by atoms with E-state index in [0.29, 0.717) is 23.5 Å². The monoisotopic (exact) mass is 415 g/mol. The summed E-state index contributed by atoms with van der Waals surface area (Å²) in [6, 6.07) is 1.08. The van der Waals surface area contributed by atoms with Gasteiger partial charge in [-0.25, -0.2) is 0 Å². The molecule has 4 rings (SSSR count). The lowest BCUT2D eigenvalue weighted by Crippen LogP contribution is -2.44. The van der Waals surface area contributed by atoms with Crippen molar-refractivity contribution in [1.82, 2.24) is 5.32 Å². The van der Waals surface area contributed by atoms with E-state index in [-0.39, 0.29) is 33.8 Å². The summed E-state index contributed by atoms with van der Waals surface area (Å²) >= 11 is 0. The highest BCUT2D eigenvalue weighted by molar-refractivity contribution is 6.63. The van der Waals surface area contributed by atoms with Gasteiger partial charge in [-0.1, -0.05) is 27.2 Å². The highest BCUT2D eigenvalue weighted by atomic mass is 16.4. The molecule has 1 amide bonds. The van der Waals surface area contributed by atoms with E-state index in [2.05, 4.69) is 26.1 Å². The molecule has 0 bridgehead atoms. The van der Waals surface area contributed by atoms with Gasteiger partial charge in [0.05, 0.1) is 11.5 Å². The minimum absolute atomic E-state index is 0.0806. The smallest absolute Gasteiger partial charge is 0.496 e. The van der Waals surface area contributed by atoms with Crippen molar-refractivity contribution in [1.29, 1.82) is 0 Å². The van der Waals surface area contributed by atoms with Crippen molar-refractivity contribution < 1.29 is 29.5 Å². The number of hydrogen-bond acceptors (Lipinski definition) is 6. The third kappa shape index (κ3) is 3.00. The Morgan fingerprint density at radius 2 is 1.90 bits per heavy atom. The second-order valence-electron chi connectivity index (χ2n) is 9.89. The van der Waals surface area contributed by atoms with Crippen LogP contribution in [0.4, 0.5) is 0 Å². The minimum atomic E-state index is -2.01. The van der Waals surface area contributed by atoms with Crippen LogP contribution in [0.3, 0.4) is 0 Å². The van der Waals surface area contributed by atoms with Crippen LogP contribution in [-0.4, -0.2) is 33.3 Å². The van der Waals surface area contributed by atoms with Crippen LogP contribution in [0.2, 0.25) is 0 Å². The van der Waals surface area contributed by atoms with E-state index < -0.39 is 18.6 Å². The Morgan fingerprint density at radius 1 is 1.20 bits per heavy atom. The fraction of sp³-hybridized carbons (Fsp3) is 0.591. The predicted octanol–water partition coefficient (Wildman–Crippen LogP) is 2.58. The van der Waals surface area contributed by atoms with Crippen molar-refractivity contribution in [3.63, 3.8) is 0 Å². The van der Waals surface area contributed by atoms with Crippen LogP contribution < -0.4 is 10.8 Å². The van der Waals surface area contributed by atoms with Gasteiger partial charge in [-0.05, 0) is 48.5 Å². The molecule has 1 fully saturated rings. The minimum Gasteiger partial charge on any atom is -0.504 e. The third-order valence-electron chi connectivity index (χ3n) is 7.49. The molecule has 162 valence electrons. The number of rotatable bonds is 2. The summed E-state index contributed by atoms with van der Waals surface area (Å²) in [5.41, 5.74) is 0.581. The molecule has 0 aliphatic heterocycles. The molecule has 3 unspecified atom stereocenters. The zero-order valence-electron chi connectivity index (χ0n) is 18.0. The Labute approximate surface area is 176 Å². The first-order valence-electron chi connectivity index (χ1n) is 10.6. The summed E-state index contributed by atoms with van der Waals surface area (Å²) in [5, 5.41) is 44.0. The van der Waals surface area contributed by atoms with Crippen LogP contribution in [-0.2, 0) is 10.2 Å². The fourth-order valence-corrected chi connectivity index (χ4v) is 6.30. The summed E-state index contributed by atoms with van der Waals surface area (Å²) in [6.07, 6.45) is 4.69. The molecule has 1 aromatic heterocycles. The van der Waals surface area contributed by atoms with Gasteiger partial charge in [-0.2, -0.15) is 0 Å². The van der Waals surface area contributed by atoms with E-state index >= 15 is 0 Å². The summed E-state index contributed by atoms with van der Waals surface area (Å²) in [5.74, 6) is -0.313. The number of benzene rings is 1. The number of nitrogens with one attached hydrogen (secondary N) is 1. The zero-order chi connectivity index (χ0) is 22.0. The number of hydrogen-bond donors (Lipinski definition) is 5. The van der Waals surface area contributed by atoms with Gasteiger partial charge in [0.15, 0.2) is 11.5 Å².